The number of hydrogen-bond acceptors (Lipinski definition) is 5. The minimum absolute atomic E-state index is 0.0179. The van der Waals surface area contributed by atoms with Crippen molar-refractivity contribution in [3.63, 3.8) is 0 Å². The van der Waals surface area contributed by atoms with E-state index < -0.39 is 10.0 Å². The third-order valence-corrected chi connectivity index (χ3v) is 8.45. The Morgan fingerprint density at radius 2 is 1.86 bits per heavy atom. The highest BCUT2D eigenvalue weighted by atomic mass is 32.2. The molecule has 0 bridgehead atoms. The summed E-state index contributed by atoms with van der Waals surface area (Å²) in [7, 11) is -3.27. The lowest BCUT2D eigenvalue weighted by atomic mass is 10.1. The van der Waals surface area contributed by atoms with Crippen molar-refractivity contribution >= 4 is 44.5 Å². The van der Waals surface area contributed by atoms with E-state index >= 15 is 0 Å². The van der Waals surface area contributed by atoms with Crippen LogP contribution in [0, 0.1) is 18.3 Å². The molecule has 1 saturated heterocycles. The Labute approximate surface area is 211 Å². The van der Waals surface area contributed by atoms with Crippen molar-refractivity contribution in [3.8, 4) is 6.07 Å². The molecule has 1 aliphatic rings. The van der Waals surface area contributed by atoms with E-state index in [1.165, 1.54) is 0 Å². The van der Waals surface area contributed by atoms with Crippen LogP contribution in [0.5, 0.6) is 0 Å². The quantitative estimate of drug-likeness (QED) is 0.347. The lowest BCUT2D eigenvalue weighted by Crippen LogP contribution is -2.29. The minimum atomic E-state index is -3.27. The average molecular weight is 498 g/mol. The van der Waals surface area contributed by atoms with E-state index in [0.29, 0.717) is 24.3 Å². The van der Waals surface area contributed by atoms with Crippen LogP contribution in [0.15, 0.2) is 61.1 Å². The van der Waals surface area contributed by atoms with E-state index in [-0.39, 0.29) is 5.75 Å². The van der Waals surface area contributed by atoms with Gasteiger partial charge < -0.3 is 10.3 Å². The number of fused-ring (bicyclic) bond motifs is 1. The first kappa shape index (κ1) is 23.8. The molecule has 2 aromatic heterocycles. The zero-order chi connectivity index (χ0) is 25.1. The largest absolute Gasteiger partial charge is 0.361 e. The van der Waals surface area contributed by atoms with E-state index in [1.54, 1.807) is 16.7 Å². The predicted molar refractivity (Wildman–Crippen MR) is 144 cm³/mol. The molecular formula is C28H27N5O2S. The Bertz CT molecular complexity index is 1570. The third-order valence-electron chi connectivity index (χ3n) is 6.60. The van der Waals surface area contributed by atoms with E-state index in [9.17, 15) is 13.7 Å². The average Bonchev–Trinajstić information content (AvgIpc) is 3.59. The van der Waals surface area contributed by atoms with Crippen molar-refractivity contribution in [2.75, 3.05) is 18.4 Å². The number of aromatic amines is 1. The first-order valence-electron chi connectivity index (χ1n) is 11.9. The zero-order valence-corrected chi connectivity index (χ0v) is 20.8. The summed E-state index contributed by atoms with van der Waals surface area (Å²) in [4.78, 5) is 7.45. The highest BCUT2D eigenvalue weighted by molar-refractivity contribution is 7.88. The van der Waals surface area contributed by atoms with Gasteiger partial charge in [0.2, 0.25) is 10.0 Å². The summed E-state index contributed by atoms with van der Waals surface area (Å²) in [5.74, 6) is 0.0179. The number of aromatic nitrogens is 2. The highest BCUT2D eigenvalue weighted by Gasteiger charge is 2.25. The number of nitrogens with zero attached hydrogens (tertiary/aromatic N) is 3. The van der Waals surface area contributed by atoms with E-state index in [4.69, 9.17) is 0 Å². The van der Waals surface area contributed by atoms with Crippen molar-refractivity contribution in [1.82, 2.24) is 14.3 Å². The number of nitrogens with one attached hydrogen (secondary N) is 2. The van der Waals surface area contributed by atoms with Gasteiger partial charge in [0.25, 0.3) is 0 Å². The molecule has 0 atom stereocenters. The van der Waals surface area contributed by atoms with Crippen LogP contribution in [0.3, 0.4) is 0 Å². The van der Waals surface area contributed by atoms with E-state index in [0.717, 1.165) is 51.7 Å². The van der Waals surface area contributed by atoms with Crippen molar-refractivity contribution in [1.29, 1.82) is 5.26 Å². The molecule has 4 aromatic rings. The molecule has 2 N–H and O–H groups in total. The van der Waals surface area contributed by atoms with Crippen LogP contribution in [-0.2, 0) is 15.8 Å². The number of pyridine rings is 1. The van der Waals surface area contributed by atoms with Crippen LogP contribution in [0.4, 0.5) is 11.4 Å². The van der Waals surface area contributed by atoms with Crippen molar-refractivity contribution in [2.45, 2.75) is 25.5 Å². The van der Waals surface area contributed by atoms with Crippen LogP contribution in [0.2, 0.25) is 0 Å². The van der Waals surface area contributed by atoms with Gasteiger partial charge >= 0.3 is 0 Å². The number of aryl methyl sites for hydroxylation is 1. The maximum absolute atomic E-state index is 12.6. The lowest BCUT2D eigenvalue weighted by Gasteiger charge is -2.15. The number of benzene rings is 2. The lowest BCUT2D eigenvalue weighted by molar-refractivity contribution is 0.476. The fourth-order valence-electron chi connectivity index (χ4n) is 4.56. The minimum Gasteiger partial charge on any atom is -0.361 e. The monoisotopic (exact) mass is 497 g/mol. The maximum atomic E-state index is 12.6. The summed E-state index contributed by atoms with van der Waals surface area (Å²) >= 11 is 0. The first-order valence-corrected chi connectivity index (χ1v) is 13.5. The number of rotatable bonds is 7. The maximum Gasteiger partial charge on any atom is 0.218 e. The molecule has 182 valence electrons. The molecule has 7 nitrogen and oxygen atoms in total. The summed E-state index contributed by atoms with van der Waals surface area (Å²) in [5, 5.41) is 14.3. The number of anilines is 2. The number of nitriles is 1. The Kier molecular flexibility index (Phi) is 6.59. The Morgan fingerprint density at radius 1 is 1.08 bits per heavy atom. The van der Waals surface area contributed by atoms with Gasteiger partial charge in [-0.2, -0.15) is 5.26 Å². The molecule has 8 heteroatoms. The van der Waals surface area contributed by atoms with Gasteiger partial charge in [-0.25, -0.2) is 12.7 Å². The van der Waals surface area contributed by atoms with Crippen molar-refractivity contribution < 1.29 is 8.42 Å². The first-order chi connectivity index (χ1) is 17.4. The molecule has 0 saturated carbocycles. The van der Waals surface area contributed by atoms with Crippen LogP contribution < -0.4 is 5.32 Å². The van der Waals surface area contributed by atoms with Crippen LogP contribution in [0.1, 0.15) is 40.7 Å². The molecule has 0 amide bonds. The second-order valence-corrected chi connectivity index (χ2v) is 11.0. The van der Waals surface area contributed by atoms with Crippen molar-refractivity contribution in [2.24, 2.45) is 0 Å². The zero-order valence-electron chi connectivity index (χ0n) is 20.0. The van der Waals surface area contributed by atoms with Gasteiger partial charge in [0.1, 0.15) is 6.07 Å². The second-order valence-electron chi connectivity index (χ2n) is 9.00. The third kappa shape index (κ3) is 4.89. The summed E-state index contributed by atoms with van der Waals surface area (Å²) in [6.45, 7) is 3.29. The standard InChI is InChI=1S/C28H27N5O2S/c1-20-25-12-13-31-27(25)11-10-26(20)32-28-23(17-30-18-24(28)16-29)9-8-21-4-6-22(7-5-21)19-36(34,35)33-14-2-3-15-33/h4-13,17-18,31H,2-3,14-15,19H2,1H3,(H,30,32)/b9-8+. The fraction of sp³-hybridized carbons (Fsp3) is 0.214. The van der Waals surface area contributed by atoms with E-state index in [1.807, 2.05) is 67.7 Å². The van der Waals surface area contributed by atoms with Gasteiger partial charge in [0, 0.05) is 53.8 Å². The van der Waals surface area contributed by atoms with Gasteiger partial charge in [-0.05, 0) is 54.7 Å². The van der Waals surface area contributed by atoms with Crippen molar-refractivity contribution in [3.05, 3.63) is 88.9 Å². The smallest absolute Gasteiger partial charge is 0.218 e. The van der Waals surface area contributed by atoms with Gasteiger partial charge in [-0.15, -0.1) is 0 Å². The Balaban J connectivity index is 1.37. The van der Waals surface area contributed by atoms with Gasteiger partial charge in [0.05, 0.1) is 17.0 Å². The molecule has 1 fully saturated rings. The molecule has 2 aromatic carbocycles. The molecule has 3 heterocycles. The molecule has 5 rings (SSSR count). The predicted octanol–water partition coefficient (Wildman–Crippen LogP) is 5.58. The molecule has 36 heavy (non-hydrogen) atoms. The summed E-state index contributed by atoms with van der Waals surface area (Å²) in [6, 6.07) is 15.8. The van der Waals surface area contributed by atoms with Gasteiger partial charge in [0.15, 0.2) is 0 Å². The SMILES string of the molecule is Cc1c(Nc2c(C#N)cncc2/C=C/c2ccc(CS(=O)(=O)N3CCCC3)cc2)ccc2[nH]ccc12. The van der Waals surface area contributed by atoms with Crippen LogP contribution in [-0.4, -0.2) is 35.8 Å². The van der Waals surface area contributed by atoms with Crippen LogP contribution in [0.25, 0.3) is 23.1 Å². The summed E-state index contributed by atoms with van der Waals surface area (Å²) < 4.78 is 26.8. The molecule has 0 aliphatic carbocycles. The van der Waals surface area contributed by atoms with Crippen LogP contribution >= 0.6 is 0 Å². The number of H-pyrrole nitrogens is 1. The molecule has 0 unspecified atom stereocenters. The number of sulfonamides is 1. The van der Waals surface area contributed by atoms with E-state index in [2.05, 4.69) is 21.4 Å². The normalized spacial score (nSPS) is 14.4. The Hall–Kier alpha value is -3.93. The van der Waals surface area contributed by atoms with Gasteiger partial charge in [-0.1, -0.05) is 36.4 Å². The molecule has 0 spiro atoms. The van der Waals surface area contributed by atoms with Gasteiger partial charge in [-0.3, -0.25) is 4.98 Å². The molecule has 0 radical (unpaired) electrons. The summed E-state index contributed by atoms with van der Waals surface area (Å²) in [5.41, 5.74) is 6.68. The Morgan fingerprint density at radius 3 is 2.61 bits per heavy atom. The number of hydrogen-bond donors (Lipinski definition) is 2. The topological polar surface area (TPSA) is 102 Å². The summed E-state index contributed by atoms with van der Waals surface area (Å²) in [6.07, 6.45) is 10.9. The highest BCUT2D eigenvalue weighted by Crippen LogP contribution is 2.31. The fourth-order valence-corrected chi connectivity index (χ4v) is 6.17. The molecular weight excluding hydrogens is 470 g/mol. The second kappa shape index (κ2) is 9.97. The molecule has 1 aliphatic heterocycles.